The van der Waals surface area contributed by atoms with E-state index in [1.807, 2.05) is 0 Å². The number of sulfonamides is 1. The molecule has 0 amide bonds. The summed E-state index contributed by atoms with van der Waals surface area (Å²) in [6.07, 6.45) is 2.43. The Balaban J connectivity index is 2.40. The van der Waals surface area contributed by atoms with Crippen LogP contribution in [0.4, 0.5) is 0 Å². The zero-order valence-corrected chi connectivity index (χ0v) is 11.1. The van der Waals surface area contributed by atoms with Crippen molar-refractivity contribution < 1.29 is 18.3 Å². The van der Waals surface area contributed by atoms with Gasteiger partial charge in [-0.25, -0.2) is 13.2 Å². The minimum absolute atomic E-state index is 0.0488. The minimum atomic E-state index is -4.26. The summed E-state index contributed by atoms with van der Waals surface area (Å²) in [5.41, 5.74) is -1.90. The Kier molecular flexibility index (Phi) is 3.77. The van der Waals surface area contributed by atoms with Gasteiger partial charge in [0.25, 0.3) is 15.6 Å². The molecule has 1 heterocycles. The van der Waals surface area contributed by atoms with Crippen LogP contribution in [0.3, 0.4) is 0 Å². The van der Waals surface area contributed by atoms with E-state index in [1.165, 1.54) is 0 Å². The molecule has 0 saturated heterocycles. The number of aromatic amines is 2. The molecule has 0 aromatic carbocycles. The predicted octanol–water partition coefficient (Wildman–Crippen LogP) is -1.45. The quantitative estimate of drug-likeness (QED) is 0.587. The Morgan fingerprint density at radius 3 is 2.55 bits per heavy atom. The summed E-state index contributed by atoms with van der Waals surface area (Å²) < 4.78 is 25.3. The molecule has 1 saturated carbocycles. The molecular weight excluding hydrogens is 290 g/mol. The summed E-state index contributed by atoms with van der Waals surface area (Å²) in [6.45, 7) is -0.676. The van der Waals surface area contributed by atoms with Crippen molar-refractivity contribution in [3.63, 3.8) is 0 Å². The molecule has 1 aliphatic rings. The molecular formula is C10H13N3O6S. The molecule has 1 aromatic heterocycles. The smallest absolute Gasteiger partial charge is 0.325 e. The number of nitrogens with one attached hydrogen (secondary N) is 2. The van der Waals surface area contributed by atoms with Crippen LogP contribution < -0.4 is 11.2 Å². The average Bonchev–Trinajstić information content (AvgIpc) is 3.10. The van der Waals surface area contributed by atoms with Crippen molar-refractivity contribution in [2.45, 2.75) is 17.7 Å². The first-order chi connectivity index (χ1) is 9.30. The van der Waals surface area contributed by atoms with Crippen molar-refractivity contribution in [3.05, 3.63) is 27.0 Å². The third kappa shape index (κ3) is 3.14. The summed E-state index contributed by atoms with van der Waals surface area (Å²) in [6, 6.07) is 0. The van der Waals surface area contributed by atoms with Crippen LogP contribution in [0.2, 0.25) is 0 Å². The molecule has 0 atom stereocenters. The SMILES string of the molecule is O=C(O)CN(CC1CC1)S(=O)(=O)c1c[nH]c(=O)[nH]c1=O. The largest absolute Gasteiger partial charge is 0.480 e. The van der Waals surface area contributed by atoms with Crippen molar-refractivity contribution in [1.82, 2.24) is 14.3 Å². The number of aromatic nitrogens is 2. The highest BCUT2D eigenvalue weighted by Gasteiger charge is 2.34. The molecule has 1 fully saturated rings. The van der Waals surface area contributed by atoms with Crippen LogP contribution in [0.15, 0.2) is 20.7 Å². The third-order valence-corrected chi connectivity index (χ3v) is 4.69. The van der Waals surface area contributed by atoms with E-state index in [0.29, 0.717) is 0 Å². The maximum Gasteiger partial charge on any atom is 0.325 e. The number of H-pyrrole nitrogens is 2. The summed E-state index contributed by atoms with van der Waals surface area (Å²) in [4.78, 5) is 36.4. The molecule has 0 radical (unpaired) electrons. The highest BCUT2D eigenvalue weighted by atomic mass is 32.2. The zero-order valence-electron chi connectivity index (χ0n) is 10.3. The van der Waals surface area contributed by atoms with E-state index >= 15 is 0 Å². The molecule has 0 spiro atoms. The van der Waals surface area contributed by atoms with E-state index in [1.54, 1.807) is 4.98 Å². The Morgan fingerprint density at radius 1 is 1.40 bits per heavy atom. The van der Waals surface area contributed by atoms with Gasteiger partial charge in [0.2, 0.25) is 0 Å². The van der Waals surface area contributed by atoms with E-state index < -0.39 is 38.7 Å². The number of nitrogens with zero attached hydrogens (tertiary/aromatic N) is 1. The second kappa shape index (κ2) is 5.21. The van der Waals surface area contributed by atoms with E-state index in [9.17, 15) is 22.8 Å². The molecule has 110 valence electrons. The van der Waals surface area contributed by atoms with Crippen molar-refractivity contribution in [1.29, 1.82) is 0 Å². The minimum Gasteiger partial charge on any atom is -0.480 e. The van der Waals surface area contributed by atoms with Crippen LogP contribution in [-0.4, -0.2) is 46.9 Å². The van der Waals surface area contributed by atoms with Crippen molar-refractivity contribution in [2.24, 2.45) is 5.92 Å². The first-order valence-electron chi connectivity index (χ1n) is 5.84. The van der Waals surface area contributed by atoms with Gasteiger partial charge in [-0.2, -0.15) is 4.31 Å². The molecule has 3 N–H and O–H groups in total. The van der Waals surface area contributed by atoms with Gasteiger partial charge in [0, 0.05) is 12.7 Å². The van der Waals surface area contributed by atoms with Crippen LogP contribution in [-0.2, 0) is 14.8 Å². The summed E-state index contributed by atoms with van der Waals surface area (Å²) >= 11 is 0. The molecule has 0 bridgehead atoms. The Hall–Kier alpha value is -1.94. The first-order valence-corrected chi connectivity index (χ1v) is 7.28. The van der Waals surface area contributed by atoms with Gasteiger partial charge in [-0.1, -0.05) is 0 Å². The molecule has 10 heteroatoms. The molecule has 2 rings (SSSR count). The van der Waals surface area contributed by atoms with Gasteiger partial charge in [-0.05, 0) is 18.8 Å². The van der Waals surface area contributed by atoms with E-state index in [-0.39, 0.29) is 12.5 Å². The van der Waals surface area contributed by atoms with E-state index in [0.717, 1.165) is 23.3 Å². The number of carbonyl (C=O) groups is 1. The van der Waals surface area contributed by atoms with Gasteiger partial charge in [-0.3, -0.25) is 14.6 Å². The summed E-state index contributed by atoms with van der Waals surface area (Å²) in [5, 5.41) is 8.79. The summed E-state index contributed by atoms with van der Waals surface area (Å²) in [7, 11) is -4.26. The standard InChI is InChI=1S/C10H13N3O6S/c14-8(15)5-13(4-6-1-2-6)20(18,19)7-3-11-10(17)12-9(7)16/h3,6H,1-2,4-5H2,(H,14,15)(H2,11,12,16,17). The first kappa shape index (κ1) is 14.5. The molecule has 1 aromatic rings. The van der Waals surface area contributed by atoms with Crippen molar-refractivity contribution in [3.8, 4) is 0 Å². The number of carboxylic acid groups (broad SMARTS) is 1. The average molecular weight is 303 g/mol. The van der Waals surface area contributed by atoms with Crippen LogP contribution in [0.25, 0.3) is 0 Å². The fourth-order valence-electron chi connectivity index (χ4n) is 1.72. The maximum absolute atomic E-state index is 12.3. The second-order valence-corrected chi connectivity index (χ2v) is 6.48. The van der Waals surface area contributed by atoms with E-state index in [4.69, 9.17) is 5.11 Å². The summed E-state index contributed by atoms with van der Waals surface area (Å²) in [5.74, 6) is -1.19. The fourth-order valence-corrected chi connectivity index (χ4v) is 3.17. The lowest BCUT2D eigenvalue weighted by Gasteiger charge is -2.19. The monoisotopic (exact) mass is 303 g/mol. The molecule has 9 nitrogen and oxygen atoms in total. The Bertz CT molecular complexity index is 730. The van der Waals surface area contributed by atoms with Gasteiger partial charge in [0.15, 0.2) is 4.90 Å². The van der Waals surface area contributed by atoms with Crippen LogP contribution >= 0.6 is 0 Å². The van der Waals surface area contributed by atoms with Gasteiger partial charge < -0.3 is 10.1 Å². The maximum atomic E-state index is 12.3. The lowest BCUT2D eigenvalue weighted by Crippen LogP contribution is -2.40. The number of hydrogen-bond acceptors (Lipinski definition) is 5. The number of carboxylic acids is 1. The highest BCUT2D eigenvalue weighted by Crippen LogP contribution is 2.31. The number of aliphatic carboxylic acids is 1. The zero-order chi connectivity index (χ0) is 14.9. The highest BCUT2D eigenvalue weighted by molar-refractivity contribution is 7.89. The van der Waals surface area contributed by atoms with Gasteiger partial charge in [0.05, 0.1) is 0 Å². The lowest BCUT2D eigenvalue weighted by atomic mass is 10.4. The Morgan fingerprint density at radius 2 is 2.05 bits per heavy atom. The molecule has 20 heavy (non-hydrogen) atoms. The fraction of sp³-hybridized carbons (Fsp3) is 0.500. The van der Waals surface area contributed by atoms with Crippen LogP contribution in [0.1, 0.15) is 12.8 Å². The molecule has 1 aliphatic carbocycles. The lowest BCUT2D eigenvalue weighted by molar-refractivity contribution is -0.137. The van der Waals surface area contributed by atoms with Crippen LogP contribution in [0.5, 0.6) is 0 Å². The van der Waals surface area contributed by atoms with Gasteiger partial charge in [0.1, 0.15) is 6.54 Å². The number of hydrogen-bond donors (Lipinski definition) is 3. The predicted molar refractivity (Wildman–Crippen MR) is 66.8 cm³/mol. The second-order valence-electron chi connectivity index (χ2n) is 4.57. The topological polar surface area (TPSA) is 140 Å². The van der Waals surface area contributed by atoms with Gasteiger partial charge in [-0.15, -0.1) is 0 Å². The van der Waals surface area contributed by atoms with Crippen LogP contribution in [0, 0.1) is 5.92 Å². The molecule has 0 aliphatic heterocycles. The molecule has 0 unspecified atom stereocenters. The normalized spacial score (nSPS) is 15.4. The van der Waals surface area contributed by atoms with Crippen molar-refractivity contribution >= 4 is 16.0 Å². The van der Waals surface area contributed by atoms with E-state index in [2.05, 4.69) is 4.98 Å². The third-order valence-electron chi connectivity index (χ3n) is 2.87. The Labute approximate surface area is 113 Å². The van der Waals surface area contributed by atoms with Gasteiger partial charge >= 0.3 is 11.7 Å². The number of rotatable bonds is 6. The van der Waals surface area contributed by atoms with Crippen molar-refractivity contribution in [2.75, 3.05) is 13.1 Å².